The third kappa shape index (κ3) is 9.64. The van der Waals surface area contributed by atoms with E-state index in [9.17, 15) is 4.79 Å². The van der Waals surface area contributed by atoms with E-state index in [-0.39, 0.29) is 48.0 Å². The van der Waals surface area contributed by atoms with E-state index >= 15 is 0 Å². The zero-order valence-corrected chi connectivity index (χ0v) is 22.0. The van der Waals surface area contributed by atoms with Crippen LogP contribution in [0.15, 0.2) is 29.3 Å². The minimum atomic E-state index is -0.262. The molecule has 3 N–H and O–H groups in total. The van der Waals surface area contributed by atoms with E-state index in [0.29, 0.717) is 12.5 Å². The van der Waals surface area contributed by atoms with Crippen LogP contribution >= 0.6 is 24.0 Å². The molecule has 1 unspecified atom stereocenters. The van der Waals surface area contributed by atoms with Crippen molar-refractivity contribution in [1.82, 2.24) is 20.9 Å². The number of piperidine rings is 1. The molecule has 1 heterocycles. The zero-order chi connectivity index (χ0) is 22.0. The number of likely N-dealkylation sites (tertiary alicyclic amines) is 1. The molecule has 2 rings (SSSR count). The molecule has 0 spiro atoms. The maximum Gasteiger partial charge on any atom is 0.242 e. The number of amides is 1. The smallest absolute Gasteiger partial charge is 0.242 e. The Bertz CT molecular complexity index is 699. The Morgan fingerprint density at radius 1 is 1.16 bits per heavy atom. The van der Waals surface area contributed by atoms with Gasteiger partial charge in [-0.05, 0) is 59.7 Å². The van der Waals surface area contributed by atoms with Crippen molar-refractivity contribution in [3.63, 3.8) is 0 Å². The Balaban J connectivity index is 0.00000480. The van der Waals surface area contributed by atoms with Crippen LogP contribution in [0.3, 0.4) is 0 Å². The van der Waals surface area contributed by atoms with Crippen LogP contribution < -0.4 is 20.7 Å². The summed E-state index contributed by atoms with van der Waals surface area (Å²) >= 11 is 0. The van der Waals surface area contributed by atoms with Gasteiger partial charge in [0.05, 0.1) is 13.2 Å². The number of carbonyl (C=O) groups is 1. The number of aliphatic imine (C=N–C) groups is 1. The van der Waals surface area contributed by atoms with Gasteiger partial charge in [0.1, 0.15) is 12.3 Å². The number of ether oxygens (including phenoxy) is 1. The summed E-state index contributed by atoms with van der Waals surface area (Å²) in [5.74, 6) is 1.47. The first-order valence-electron chi connectivity index (χ1n) is 11.0. The van der Waals surface area contributed by atoms with Crippen molar-refractivity contribution in [2.45, 2.75) is 58.5 Å². The van der Waals surface area contributed by atoms with Crippen LogP contribution in [0.1, 0.15) is 58.6 Å². The molecule has 0 saturated carbocycles. The Kier molecular flexibility index (Phi) is 12.2. The fourth-order valence-corrected chi connectivity index (χ4v) is 3.75. The van der Waals surface area contributed by atoms with Gasteiger partial charge in [-0.1, -0.05) is 24.6 Å². The van der Waals surface area contributed by atoms with E-state index in [4.69, 9.17) is 4.74 Å². The van der Waals surface area contributed by atoms with E-state index in [2.05, 4.69) is 38.0 Å². The first-order chi connectivity index (χ1) is 14.3. The number of para-hydroxylation sites is 1. The molecule has 1 aromatic rings. The van der Waals surface area contributed by atoms with Gasteiger partial charge in [-0.25, -0.2) is 4.99 Å². The number of hydrogen-bond acceptors (Lipinski definition) is 4. The Labute approximate surface area is 204 Å². The molecule has 1 amide bonds. The van der Waals surface area contributed by atoms with E-state index in [1.807, 2.05) is 39.8 Å². The molecule has 8 heteroatoms. The fourth-order valence-electron chi connectivity index (χ4n) is 3.75. The summed E-state index contributed by atoms with van der Waals surface area (Å²) in [4.78, 5) is 19.2. The lowest BCUT2D eigenvalue weighted by Crippen LogP contribution is -2.45. The van der Waals surface area contributed by atoms with Gasteiger partial charge in [0.25, 0.3) is 0 Å². The monoisotopic (exact) mass is 545 g/mol. The van der Waals surface area contributed by atoms with Crippen LogP contribution in [-0.4, -0.2) is 62.1 Å². The van der Waals surface area contributed by atoms with Crippen molar-refractivity contribution in [1.29, 1.82) is 0 Å². The van der Waals surface area contributed by atoms with Crippen molar-refractivity contribution in [2.75, 3.05) is 39.8 Å². The third-order valence-corrected chi connectivity index (χ3v) is 5.03. The zero-order valence-electron chi connectivity index (χ0n) is 19.7. The second-order valence-electron chi connectivity index (χ2n) is 8.73. The number of hydrogen-bond donors (Lipinski definition) is 3. The average molecular weight is 546 g/mol. The molecule has 1 saturated heterocycles. The average Bonchev–Trinajstić information content (AvgIpc) is 2.72. The maximum absolute atomic E-state index is 12.2. The predicted molar refractivity (Wildman–Crippen MR) is 138 cm³/mol. The lowest BCUT2D eigenvalue weighted by atomic mass is 10.0. The summed E-state index contributed by atoms with van der Waals surface area (Å²) in [5.41, 5.74) is 0.914. The molecule has 176 valence electrons. The Morgan fingerprint density at radius 2 is 1.84 bits per heavy atom. The highest BCUT2D eigenvalue weighted by Crippen LogP contribution is 2.30. The molecular formula is C23H40IN5O2. The van der Waals surface area contributed by atoms with Crippen molar-refractivity contribution >= 4 is 35.8 Å². The summed E-state index contributed by atoms with van der Waals surface area (Å²) in [5, 5.41) is 9.64. The lowest BCUT2D eigenvalue weighted by molar-refractivity contribution is -0.121. The van der Waals surface area contributed by atoms with Gasteiger partial charge in [-0.2, -0.15) is 0 Å². The van der Waals surface area contributed by atoms with Crippen molar-refractivity contribution in [3.8, 4) is 5.75 Å². The van der Waals surface area contributed by atoms with E-state index in [0.717, 1.165) is 25.4 Å². The third-order valence-electron chi connectivity index (χ3n) is 5.03. The number of rotatable bonds is 8. The van der Waals surface area contributed by atoms with Gasteiger partial charge >= 0.3 is 0 Å². The standard InChI is InChI=1S/C23H39N5O2.HI/c1-6-24-22(26-17-21(29)27-23(2,3)4)25-16-19(28-14-10-7-11-15-28)18-12-8-9-13-20(18)30-5;/h8-9,12-13,19H,6-7,10-11,14-17H2,1-5H3,(H,27,29)(H2,24,25,26);1H. The summed E-state index contributed by atoms with van der Waals surface area (Å²) in [7, 11) is 1.72. The lowest BCUT2D eigenvalue weighted by Gasteiger charge is -2.35. The van der Waals surface area contributed by atoms with Crippen molar-refractivity contribution in [2.24, 2.45) is 4.99 Å². The van der Waals surface area contributed by atoms with Gasteiger partial charge in [-0.15, -0.1) is 24.0 Å². The minimum Gasteiger partial charge on any atom is -0.496 e. The minimum absolute atomic E-state index is 0. The van der Waals surface area contributed by atoms with E-state index in [1.165, 1.54) is 24.8 Å². The normalized spacial score (nSPS) is 16.1. The molecule has 31 heavy (non-hydrogen) atoms. The number of nitrogens with zero attached hydrogens (tertiary/aromatic N) is 2. The van der Waals surface area contributed by atoms with Gasteiger partial charge in [0.2, 0.25) is 5.91 Å². The van der Waals surface area contributed by atoms with Gasteiger partial charge in [0, 0.05) is 24.2 Å². The first-order valence-corrected chi connectivity index (χ1v) is 11.0. The topological polar surface area (TPSA) is 78.0 Å². The fraction of sp³-hybridized carbons (Fsp3) is 0.652. The van der Waals surface area contributed by atoms with Gasteiger partial charge < -0.3 is 20.7 Å². The van der Waals surface area contributed by atoms with E-state index < -0.39 is 0 Å². The van der Waals surface area contributed by atoms with Crippen LogP contribution in [0.25, 0.3) is 0 Å². The molecule has 0 bridgehead atoms. The van der Waals surface area contributed by atoms with Gasteiger partial charge in [0.15, 0.2) is 5.96 Å². The SMILES string of the molecule is CCNC(=NCC(=O)NC(C)(C)C)NCC(c1ccccc1OC)N1CCCCC1.I. The van der Waals surface area contributed by atoms with Crippen LogP contribution in [0.5, 0.6) is 5.75 Å². The highest BCUT2D eigenvalue weighted by molar-refractivity contribution is 14.0. The Morgan fingerprint density at radius 3 is 2.45 bits per heavy atom. The number of nitrogens with one attached hydrogen (secondary N) is 3. The molecule has 0 aliphatic carbocycles. The molecule has 0 aromatic heterocycles. The number of benzene rings is 1. The molecular weight excluding hydrogens is 505 g/mol. The molecule has 1 aliphatic rings. The first kappa shape index (κ1) is 27.5. The number of methoxy groups -OCH3 is 1. The Hall–Kier alpha value is -1.55. The van der Waals surface area contributed by atoms with E-state index in [1.54, 1.807) is 7.11 Å². The molecule has 1 aliphatic heterocycles. The van der Waals surface area contributed by atoms with Crippen LogP contribution in [0.2, 0.25) is 0 Å². The molecule has 7 nitrogen and oxygen atoms in total. The summed E-state index contributed by atoms with van der Waals surface area (Å²) < 4.78 is 5.64. The summed E-state index contributed by atoms with van der Waals surface area (Å²) in [6.45, 7) is 11.6. The molecule has 1 fully saturated rings. The van der Waals surface area contributed by atoms with Crippen LogP contribution in [-0.2, 0) is 4.79 Å². The largest absolute Gasteiger partial charge is 0.496 e. The predicted octanol–water partition coefficient (Wildman–Crippen LogP) is 3.31. The van der Waals surface area contributed by atoms with Crippen molar-refractivity contribution in [3.05, 3.63) is 29.8 Å². The molecule has 1 atom stereocenters. The number of carbonyl (C=O) groups excluding carboxylic acids is 1. The summed E-state index contributed by atoms with van der Waals surface area (Å²) in [6.07, 6.45) is 3.72. The molecule has 0 radical (unpaired) electrons. The van der Waals surface area contributed by atoms with Crippen LogP contribution in [0, 0.1) is 0 Å². The maximum atomic E-state index is 12.2. The number of guanidine groups is 1. The van der Waals surface area contributed by atoms with Crippen LogP contribution in [0.4, 0.5) is 0 Å². The highest BCUT2D eigenvalue weighted by atomic mass is 127. The quantitative estimate of drug-likeness (QED) is 0.266. The van der Waals surface area contributed by atoms with Crippen molar-refractivity contribution < 1.29 is 9.53 Å². The molecule has 1 aromatic carbocycles. The highest BCUT2D eigenvalue weighted by Gasteiger charge is 2.25. The number of halogens is 1. The second kappa shape index (κ2) is 13.8. The summed E-state index contributed by atoms with van der Waals surface area (Å²) in [6, 6.07) is 8.39. The van der Waals surface area contributed by atoms with Gasteiger partial charge in [-0.3, -0.25) is 9.69 Å². The second-order valence-corrected chi connectivity index (χ2v) is 8.73.